The van der Waals surface area contributed by atoms with Crippen LogP contribution in [0.3, 0.4) is 0 Å². The lowest BCUT2D eigenvalue weighted by molar-refractivity contribution is -0.274. The van der Waals surface area contributed by atoms with Crippen LogP contribution in [-0.2, 0) is 16.1 Å². The standard InChI is InChI=1S/C24H29F3N4O4/c1-29(16-22(32)28-19-4-3-5-21(14-19)34-2)23(33)17-31-12-10-30(11-13-31)15-18-6-8-20(9-7-18)35-24(25,26)27/h3-9,14H,10-13,15-17H2,1-2H3,(H,28,32). The zero-order valence-electron chi connectivity index (χ0n) is 19.7. The lowest BCUT2D eigenvalue weighted by atomic mass is 10.2. The van der Waals surface area contributed by atoms with Crippen LogP contribution < -0.4 is 14.8 Å². The SMILES string of the molecule is COc1cccc(NC(=O)CN(C)C(=O)CN2CCN(Cc3ccc(OC(F)(F)F)cc3)CC2)c1. The van der Waals surface area contributed by atoms with Gasteiger partial charge in [0.25, 0.3) is 0 Å². The molecule has 11 heteroatoms. The van der Waals surface area contributed by atoms with Crippen LogP contribution in [-0.4, -0.2) is 86.3 Å². The maximum atomic E-state index is 12.6. The van der Waals surface area contributed by atoms with Crippen molar-refractivity contribution in [1.29, 1.82) is 0 Å². The van der Waals surface area contributed by atoms with Crippen molar-refractivity contribution in [2.45, 2.75) is 12.9 Å². The molecule has 0 saturated carbocycles. The summed E-state index contributed by atoms with van der Waals surface area (Å²) in [5.74, 6) is -0.0743. The average molecular weight is 495 g/mol. The maximum absolute atomic E-state index is 12.6. The fourth-order valence-electron chi connectivity index (χ4n) is 3.68. The average Bonchev–Trinajstić information content (AvgIpc) is 2.80. The van der Waals surface area contributed by atoms with E-state index in [0.717, 1.165) is 5.56 Å². The van der Waals surface area contributed by atoms with Crippen molar-refractivity contribution in [2.24, 2.45) is 0 Å². The van der Waals surface area contributed by atoms with E-state index in [9.17, 15) is 22.8 Å². The van der Waals surface area contributed by atoms with Gasteiger partial charge in [-0.25, -0.2) is 0 Å². The quantitative estimate of drug-likeness (QED) is 0.578. The fraction of sp³-hybridized carbons (Fsp3) is 0.417. The highest BCUT2D eigenvalue weighted by Crippen LogP contribution is 2.23. The van der Waals surface area contributed by atoms with E-state index in [0.29, 0.717) is 44.2 Å². The van der Waals surface area contributed by atoms with E-state index in [1.807, 2.05) is 4.90 Å². The molecule has 2 aromatic carbocycles. The summed E-state index contributed by atoms with van der Waals surface area (Å²) in [6, 6.07) is 12.8. The number of anilines is 1. The van der Waals surface area contributed by atoms with Crippen molar-refractivity contribution < 1.29 is 32.2 Å². The first kappa shape index (κ1) is 26.3. The number of hydrogen-bond acceptors (Lipinski definition) is 6. The van der Waals surface area contributed by atoms with E-state index in [-0.39, 0.29) is 30.7 Å². The summed E-state index contributed by atoms with van der Waals surface area (Å²) in [6.45, 7) is 3.51. The van der Waals surface area contributed by atoms with E-state index in [4.69, 9.17) is 4.74 Å². The summed E-state index contributed by atoms with van der Waals surface area (Å²) in [6.07, 6.45) is -4.71. The van der Waals surface area contributed by atoms with Crippen molar-refractivity contribution in [1.82, 2.24) is 14.7 Å². The van der Waals surface area contributed by atoms with Crippen molar-refractivity contribution in [3.63, 3.8) is 0 Å². The minimum atomic E-state index is -4.71. The summed E-state index contributed by atoms with van der Waals surface area (Å²) in [5.41, 5.74) is 1.47. The number of benzene rings is 2. The fourth-order valence-corrected chi connectivity index (χ4v) is 3.68. The monoisotopic (exact) mass is 494 g/mol. The number of carbonyl (C=O) groups is 2. The molecule has 1 aliphatic heterocycles. The maximum Gasteiger partial charge on any atom is 0.573 e. The summed E-state index contributed by atoms with van der Waals surface area (Å²) >= 11 is 0. The van der Waals surface area contributed by atoms with Crippen molar-refractivity contribution >= 4 is 17.5 Å². The van der Waals surface area contributed by atoms with E-state index >= 15 is 0 Å². The minimum Gasteiger partial charge on any atom is -0.497 e. The highest BCUT2D eigenvalue weighted by atomic mass is 19.4. The molecular formula is C24H29F3N4O4. The van der Waals surface area contributed by atoms with E-state index in [2.05, 4.69) is 15.0 Å². The molecule has 2 amide bonds. The minimum absolute atomic E-state index is 0.0654. The molecule has 35 heavy (non-hydrogen) atoms. The number of methoxy groups -OCH3 is 1. The van der Waals surface area contributed by atoms with Gasteiger partial charge in [-0.2, -0.15) is 0 Å². The van der Waals surface area contributed by atoms with Crippen LogP contribution in [0.2, 0.25) is 0 Å². The third kappa shape index (κ3) is 8.76. The van der Waals surface area contributed by atoms with E-state index < -0.39 is 6.36 Å². The second-order valence-corrected chi connectivity index (χ2v) is 8.27. The van der Waals surface area contributed by atoms with Gasteiger partial charge in [0.15, 0.2) is 0 Å². The normalized spacial score (nSPS) is 14.9. The highest BCUT2D eigenvalue weighted by molar-refractivity contribution is 5.94. The molecule has 0 aromatic heterocycles. The van der Waals surface area contributed by atoms with Gasteiger partial charge >= 0.3 is 6.36 Å². The van der Waals surface area contributed by atoms with Crippen LogP contribution in [0.1, 0.15) is 5.56 Å². The molecule has 0 aliphatic carbocycles. The van der Waals surface area contributed by atoms with Crippen LogP contribution in [0.5, 0.6) is 11.5 Å². The molecule has 190 valence electrons. The summed E-state index contributed by atoms with van der Waals surface area (Å²) in [4.78, 5) is 30.5. The third-order valence-corrected chi connectivity index (χ3v) is 5.55. The summed E-state index contributed by atoms with van der Waals surface area (Å²) in [5, 5.41) is 2.75. The Morgan fingerprint density at radius 3 is 2.29 bits per heavy atom. The number of hydrogen-bond donors (Lipinski definition) is 1. The summed E-state index contributed by atoms with van der Waals surface area (Å²) in [7, 11) is 3.14. The molecule has 0 bridgehead atoms. The molecule has 0 spiro atoms. The molecule has 1 saturated heterocycles. The second kappa shape index (κ2) is 11.9. The molecule has 1 fully saturated rings. The van der Waals surface area contributed by atoms with Gasteiger partial charge in [-0.3, -0.25) is 19.4 Å². The van der Waals surface area contributed by atoms with Gasteiger partial charge in [0.05, 0.1) is 20.2 Å². The Bertz CT molecular complexity index is 993. The van der Waals surface area contributed by atoms with Gasteiger partial charge in [-0.05, 0) is 29.8 Å². The first-order valence-electron chi connectivity index (χ1n) is 11.1. The number of ether oxygens (including phenoxy) is 2. The Kier molecular flexibility index (Phi) is 8.94. The molecule has 1 N–H and O–H groups in total. The van der Waals surface area contributed by atoms with Crippen molar-refractivity contribution in [3.8, 4) is 11.5 Å². The van der Waals surface area contributed by atoms with Gasteiger partial charge in [0.2, 0.25) is 11.8 Å². The third-order valence-electron chi connectivity index (χ3n) is 5.55. The van der Waals surface area contributed by atoms with Crippen LogP contribution in [0.25, 0.3) is 0 Å². The number of amides is 2. The number of likely N-dealkylation sites (N-methyl/N-ethyl adjacent to an activating group) is 1. The van der Waals surface area contributed by atoms with Gasteiger partial charge < -0.3 is 19.7 Å². The van der Waals surface area contributed by atoms with E-state index in [1.54, 1.807) is 50.6 Å². The molecule has 2 aromatic rings. The molecular weight excluding hydrogens is 465 g/mol. The molecule has 0 unspecified atom stereocenters. The molecule has 3 rings (SSSR count). The number of carbonyl (C=O) groups excluding carboxylic acids is 2. The number of rotatable bonds is 9. The molecule has 0 radical (unpaired) electrons. The van der Waals surface area contributed by atoms with Crippen molar-refractivity contribution in [3.05, 3.63) is 54.1 Å². The Morgan fingerprint density at radius 2 is 1.66 bits per heavy atom. The van der Waals surface area contributed by atoms with E-state index in [1.165, 1.54) is 17.0 Å². The van der Waals surface area contributed by atoms with Gasteiger partial charge in [0.1, 0.15) is 11.5 Å². The lowest BCUT2D eigenvalue weighted by Gasteiger charge is -2.35. The first-order valence-corrected chi connectivity index (χ1v) is 11.1. The highest BCUT2D eigenvalue weighted by Gasteiger charge is 2.31. The Morgan fingerprint density at radius 1 is 1.00 bits per heavy atom. The number of nitrogens with one attached hydrogen (secondary N) is 1. The Balaban J connectivity index is 1.38. The predicted molar refractivity (Wildman–Crippen MR) is 124 cm³/mol. The molecule has 8 nitrogen and oxygen atoms in total. The van der Waals surface area contributed by atoms with Gasteiger partial charge in [-0.1, -0.05) is 18.2 Å². The number of alkyl halides is 3. The zero-order chi connectivity index (χ0) is 25.4. The Labute approximate surface area is 202 Å². The smallest absolute Gasteiger partial charge is 0.497 e. The summed E-state index contributed by atoms with van der Waals surface area (Å²) < 4.78 is 45.9. The van der Waals surface area contributed by atoms with Crippen molar-refractivity contribution in [2.75, 3.05) is 58.7 Å². The molecule has 1 heterocycles. The van der Waals surface area contributed by atoms with Gasteiger partial charge in [0, 0.05) is 51.5 Å². The van der Waals surface area contributed by atoms with Crippen LogP contribution >= 0.6 is 0 Å². The number of nitrogens with zero attached hydrogens (tertiary/aromatic N) is 3. The van der Waals surface area contributed by atoms with Crippen LogP contribution in [0.4, 0.5) is 18.9 Å². The van der Waals surface area contributed by atoms with Gasteiger partial charge in [-0.15, -0.1) is 13.2 Å². The zero-order valence-corrected chi connectivity index (χ0v) is 19.7. The molecule has 1 aliphatic rings. The topological polar surface area (TPSA) is 74.4 Å². The molecule has 0 atom stereocenters. The largest absolute Gasteiger partial charge is 0.573 e. The van der Waals surface area contributed by atoms with Crippen LogP contribution in [0, 0.1) is 0 Å². The second-order valence-electron chi connectivity index (χ2n) is 8.27. The lowest BCUT2D eigenvalue weighted by Crippen LogP contribution is -2.49. The Hall–Kier alpha value is -3.31. The van der Waals surface area contributed by atoms with Crippen LogP contribution in [0.15, 0.2) is 48.5 Å². The predicted octanol–water partition coefficient (Wildman–Crippen LogP) is 2.81. The first-order chi connectivity index (χ1) is 16.6. The number of piperazine rings is 1. The number of halogens is 3.